The van der Waals surface area contributed by atoms with Gasteiger partial charge in [-0.3, -0.25) is 4.79 Å². The van der Waals surface area contributed by atoms with Crippen LogP contribution >= 0.6 is 0 Å². The van der Waals surface area contributed by atoms with Gasteiger partial charge in [-0.15, -0.1) is 0 Å². The molecule has 1 aliphatic rings. The quantitative estimate of drug-likeness (QED) is 0.711. The van der Waals surface area contributed by atoms with E-state index in [1.54, 1.807) is 0 Å². The van der Waals surface area contributed by atoms with Crippen molar-refractivity contribution in [2.24, 2.45) is 10.8 Å². The highest BCUT2D eigenvalue weighted by Gasteiger charge is 2.53. The Balaban J connectivity index is 0.00000196. The highest BCUT2D eigenvalue weighted by molar-refractivity contribution is 5.82. The third kappa shape index (κ3) is 2.96. The van der Waals surface area contributed by atoms with Crippen LogP contribution in [0.4, 0.5) is 0 Å². The van der Waals surface area contributed by atoms with Gasteiger partial charge in [0.05, 0.1) is 0 Å². The zero-order valence-electron chi connectivity index (χ0n) is 10.3. The fourth-order valence-electron chi connectivity index (χ4n) is 1.59. The summed E-state index contributed by atoms with van der Waals surface area (Å²) in [7, 11) is 0. The second-order valence-corrected chi connectivity index (χ2v) is 6.54. The highest BCUT2D eigenvalue weighted by Crippen LogP contribution is 2.49. The third-order valence-corrected chi connectivity index (χ3v) is 3.22. The molecule has 0 atom stereocenters. The summed E-state index contributed by atoms with van der Waals surface area (Å²) in [5, 5.41) is 3.21. The largest absolute Gasteiger partial charge is 0.350 e. The van der Waals surface area contributed by atoms with Crippen molar-refractivity contribution in [2.45, 2.75) is 67.3 Å². The molecule has 90 valence electrons. The lowest BCUT2D eigenvalue weighted by molar-refractivity contribution is -0.130. The molecule has 0 unspecified atom stereocenters. The normalized spacial score (nSPS) is 19.1. The SMILES string of the molecule is C.CC(C)(C)C(=O)NC1(C(C)(C)C)CC1. The molecule has 0 aromatic heterocycles. The Labute approximate surface area is 94.8 Å². The molecule has 1 N–H and O–H groups in total. The molecular weight excluding hydrogens is 186 g/mol. The standard InChI is InChI=1S/C12H23NO.CH4/c1-10(2,3)9(14)13-12(7-8-12)11(4,5)6;/h7-8H2,1-6H3,(H,13,14);1H4. The van der Waals surface area contributed by atoms with Gasteiger partial charge < -0.3 is 5.32 Å². The van der Waals surface area contributed by atoms with E-state index in [1.165, 1.54) is 0 Å². The summed E-state index contributed by atoms with van der Waals surface area (Å²) in [5.41, 5.74) is -0.0356. The van der Waals surface area contributed by atoms with Crippen LogP contribution in [0.15, 0.2) is 0 Å². The Kier molecular flexibility index (Phi) is 3.67. The molecule has 0 aromatic carbocycles. The summed E-state index contributed by atoms with van der Waals surface area (Å²) in [6, 6.07) is 0. The molecule has 0 heterocycles. The first kappa shape index (κ1) is 14.5. The third-order valence-electron chi connectivity index (χ3n) is 3.22. The second kappa shape index (κ2) is 3.80. The molecule has 1 saturated carbocycles. The van der Waals surface area contributed by atoms with E-state index in [9.17, 15) is 4.79 Å². The van der Waals surface area contributed by atoms with E-state index in [0.29, 0.717) is 0 Å². The molecule has 0 aromatic rings. The molecule has 0 saturated heterocycles. The lowest BCUT2D eigenvalue weighted by Gasteiger charge is -2.34. The summed E-state index contributed by atoms with van der Waals surface area (Å²) in [6.07, 6.45) is 2.25. The maximum atomic E-state index is 11.9. The van der Waals surface area contributed by atoms with Gasteiger partial charge in [0, 0.05) is 11.0 Å². The Morgan fingerprint density at radius 1 is 1.07 bits per heavy atom. The van der Waals surface area contributed by atoms with E-state index >= 15 is 0 Å². The smallest absolute Gasteiger partial charge is 0.225 e. The van der Waals surface area contributed by atoms with Crippen molar-refractivity contribution < 1.29 is 4.79 Å². The number of amides is 1. The van der Waals surface area contributed by atoms with Crippen LogP contribution in [-0.4, -0.2) is 11.4 Å². The van der Waals surface area contributed by atoms with Gasteiger partial charge in [0.1, 0.15) is 0 Å². The van der Waals surface area contributed by atoms with Crippen LogP contribution in [0.1, 0.15) is 61.8 Å². The van der Waals surface area contributed by atoms with Crippen LogP contribution in [0.25, 0.3) is 0 Å². The Bertz CT molecular complexity index is 238. The summed E-state index contributed by atoms with van der Waals surface area (Å²) in [6.45, 7) is 12.5. The van der Waals surface area contributed by atoms with Crippen LogP contribution in [0, 0.1) is 10.8 Å². The van der Waals surface area contributed by atoms with Gasteiger partial charge in [-0.25, -0.2) is 0 Å². The van der Waals surface area contributed by atoms with Crippen molar-refractivity contribution in [3.63, 3.8) is 0 Å². The fourth-order valence-corrected chi connectivity index (χ4v) is 1.59. The Morgan fingerprint density at radius 2 is 1.47 bits per heavy atom. The van der Waals surface area contributed by atoms with Crippen molar-refractivity contribution >= 4 is 5.91 Å². The van der Waals surface area contributed by atoms with E-state index in [1.807, 2.05) is 20.8 Å². The number of hydrogen-bond acceptors (Lipinski definition) is 1. The maximum Gasteiger partial charge on any atom is 0.225 e. The number of rotatable bonds is 1. The van der Waals surface area contributed by atoms with Crippen LogP contribution < -0.4 is 5.32 Å². The lowest BCUT2D eigenvalue weighted by atomic mass is 9.83. The van der Waals surface area contributed by atoms with Gasteiger partial charge in [-0.2, -0.15) is 0 Å². The number of nitrogens with one attached hydrogen (secondary N) is 1. The minimum absolute atomic E-state index is 0. The van der Waals surface area contributed by atoms with Gasteiger partial charge in [-0.1, -0.05) is 49.0 Å². The Hall–Kier alpha value is -0.530. The molecular formula is C13H27NO. The minimum atomic E-state index is -0.277. The molecule has 1 aliphatic carbocycles. The van der Waals surface area contributed by atoms with E-state index in [0.717, 1.165) is 12.8 Å². The van der Waals surface area contributed by atoms with Crippen LogP contribution in [0.3, 0.4) is 0 Å². The maximum absolute atomic E-state index is 11.9. The minimum Gasteiger partial charge on any atom is -0.350 e. The molecule has 2 nitrogen and oxygen atoms in total. The van der Waals surface area contributed by atoms with Crippen LogP contribution in [0.5, 0.6) is 0 Å². The highest BCUT2D eigenvalue weighted by atomic mass is 16.2. The number of hydrogen-bond donors (Lipinski definition) is 1. The van der Waals surface area contributed by atoms with Gasteiger partial charge >= 0.3 is 0 Å². The van der Waals surface area contributed by atoms with Crippen LogP contribution in [0.2, 0.25) is 0 Å². The van der Waals surface area contributed by atoms with E-state index in [4.69, 9.17) is 0 Å². The van der Waals surface area contributed by atoms with Gasteiger partial charge in [0.15, 0.2) is 0 Å². The zero-order valence-corrected chi connectivity index (χ0v) is 10.3. The van der Waals surface area contributed by atoms with Crippen molar-refractivity contribution in [3.8, 4) is 0 Å². The molecule has 1 fully saturated rings. The zero-order chi connectivity index (χ0) is 11.2. The molecule has 0 radical (unpaired) electrons. The predicted molar refractivity (Wildman–Crippen MR) is 65.7 cm³/mol. The Morgan fingerprint density at radius 3 is 1.67 bits per heavy atom. The summed E-state index contributed by atoms with van der Waals surface area (Å²) < 4.78 is 0. The van der Waals surface area contributed by atoms with Gasteiger partial charge in [0.2, 0.25) is 5.91 Å². The second-order valence-electron chi connectivity index (χ2n) is 6.54. The molecule has 0 spiro atoms. The first-order valence-electron chi connectivity index (χ1n) is 5.41. The van der Waals surface area contributed by atoms with Crippen molar-refractivity contribution in [1.82, 2.24) is 5.32 Å². The van der Waals surface area contributed by atoms with Crippen molar-refractivity contribution in [3.05, 3.63) is 0 Å². The van der Waals surface area contributed by atoms with Crippen LogP contribution in [-0.2, 0) is 4.79 Å². The molecule has 0 bridgehead atoms. The molecule has 15 heavy (non-hydrogen) atoms. The summed E-state index contributed by atoms with van der Waals surface area (Å²) in [4.78, 5) is 11.9. The van der Waals surface area contributed by atoms with Crippen molar-refractivity contribution in [2.75, 3.05) is 0 Å². The predicted octanol–water partition coefficient (Wildman–Crippen LogP) is 3.36. The van der Waals surface area contributed by atoms with E-state index in [-0.39, 0.29) is 29.7 Å². The summed E-state index contributed by atoms with van der Waals surface area (Å²) >= 11 is 0. The number of carbonyl (C=O) groups is 1. The molecule has 1 amide bonds. The van der Waals surface area contributed by atoms with Gasteiger partial charge in [-0.05, 0) is 18.3 Å². The average Bonchev–Trinajstić information content (AvgIpc) is 2.64. The number of carbonyl (C=O) groups excluding carboxylic acids is 1. The monoisotopic (exact) mass is 213 g/mol. The first-order chi connectivity index (χ1) is 6.08. The molecule has 0 aliphatic heterocycles. The lowest BCUT2D eigenvalue weighted by Crippen LogP contribution is -2.49. The first-order valence-corrected chi connectivity index (χ1v) is 5.41. The van der Waals surface area contributed by atoms with E-state index in [2.05, 4.69) is 26.1 Å². The topological polar surface area (TPSA) is 29.1 Å². The molecule has 1 rings (SSSR count). The average molecular weight is 213 g/mol. The van der Waals surface area contributed by atoms with E-state index < -0.39 is 0 Å². The molecule has 2 heteroatoms. The fraction of sp³-hybridized carbons (Fsp3) is 0.923. The van der Waals surface area contributed by atoms with Gasteiger partial charge in [0.25, 0.3) is 0 Å². The van der Waals surface area contributed by atoms with Crippen molar-refractivity contribution in [1.29, 1.82) is 0 Å². The summed E-state index contributed by atoms with van der Waals surface area (Å²) in [5.74, 6) is 0.171.